The maximum absolute atomic E-state index is 12.3. The predicted octanol–water partition coefficient (Wildman–Crippen LogP) is 1.16. The monoisotopic (exact) mass is 321 g/mol. The normalized spacial score (nSPS) is 24.6. The molecule has 128 valence electrons. The van der Waals surface area contributed by atoms with Crippen LogP contribution >= 0.6 is 0 Å². The van der Waals surface area contributed by atoms with Gasteiger partial charge in [-0.2, -0.15) is 0 Å². The molecule has 2 aliphatic rings. The molecular weight excluding hydrogens is 294 g/mol. The molecule has 1 saturated heterocycles. The van der Waals surface area contributed by atoms with Crippen molar-refractivity contribution in [3.8, 4) is 0 Å². The van der Waals surface area contributed by atoms with Crippen LogP contribution in [0.15, 0.2) is 0 Å². The van der Waals surface area contributed by atoms with Gasteiger partial charge < -0.3 is 19.9 Å². The van der Waals surface area contributed by atoms with Crippen molar-refractivity contribution in [3.63, 3.8) is 0 Å². The van der Waals surface area contributed by atoms with Crippen molar-refractivity contribution in [2.75, 3.05) is 13.1 Å². The summed E-state index contributed by atoms with van der Waals surface area (Å²) in [6.07, 6.45) is 2.43. The quantitative estimate of drug-likeness (QED) is 0.856. The van der Waals surface area contributed by atoms with Gasteiger partial charge in [0.2, 0.25) is 0 Å². The number of aryl methyl sites for hydroxylation is 1. The van der Waals surface area contributed by atoms with Crippen molar-refractivity contribution in [1.29, 1.82) is 0 Å². The van der Waals surface area contributed by atoms with Gasteiger partial charge in [0.25, 0.3) is 0 Å². The molecule has 0 spiro atoms. The zero-order chi connectivity index (χ0) is 16.6. The van der Waals surface area contributed by atoms with Gasteiger partial charge in [0.1, 0.15) is 5.82 Å². The molecule has 7 heteroatoms. The Labute approximate surface area is 137 Å². The number of fused-ring (bicyclic) bond motifs is 1. The number of carbonyl (C=O) groups excluding carboxylic acids is 1. The molecule has 2 amide bonds. The maximum Gasteiger partial charge on any atom is 0.317 e. The SMILES string of the molecule is CC(C)(C)[C@@H]1CCN(C(=O)NCc2nnc3n2CCC3)C[C@H]1O. The summed E-state index contributed by atoms with van der Waals surface area (Å²) in [5.41, 5.74) is 0.0596. The van der Waals surface area contributed by atoms with Crippen LogP contribution in [0, 0.1) is 11.3 Å². The first-order valence-electron chi connectivity index (χ1n) is 8.48. The topological polar surface area (TPSA) is 83.3 Å². The van der Waals surface area contributed by atoms with Gasteiger partial charge in [0, 0.05) is 26.1 Å². The lowest BCUT2D eigenvalue weighted by atomic mass is 9.74. The molecule has 0 aromatic carbocycles. The minimum Gasteiger partial charge on any atom is -0.391 e. The summed E-state index contributed by atoms with van der Waals surface area (Å²) in [5.74, 6) is 2.05. The number of hydrogen-bond acceptors (Lipinski definition) is 4. The van der Waals surface area contributed by atoms with E-state index in [-0.39, 0.29) is 17.4 Å². The van der Waals surface area contributed by atoms with E-state index in [1.54, 1.807) is 4.90 Å². The van der Waals surface area contributed by atoms with Crippen molar-refractivity contribution in [1.82, 2.24) is 25.0 Å². The lowest BCUT2D eigenvalue weighted by molar-refractivity contribution is -0.0124. The van der Waals surface area contributed by atoms with Gasteiger partial charge in [-0.15, -0.1) is 10.2 Å². The largest absolute Gasteiger partial charge is 0.391 e. The van der Waals surface area contributed by atoms with E-state index >= 15 is 0 Å². The molecule has 7 nitrogen and oxygen atoms in total. The van der Waals surface area contributed by atoms with Gasteiger partial charge in [-0.1, -0.05) is 20.8 Å². The van der Waals surface area contributed by atoms with Crippen LogP contribution in [-0.4, -0.2) is 50.0 Å². The highest BCUT2D eigenvalue weighted by atomic mass is 16.3. The summed E-state index contributed by atoms with van der Waals surface area (Å²) in [6.45, 7) is 8.83. The number of urea groups is 1. The highest BCUT2D eigenvalue weighted by molar-refractivity contribution is 5.74. The molecule has 0 saturated carbocycles. The fraction of sp³-hybridized carbons (Fsp3) is 0.812. The van der Waals surface area contributed by atoms with E-state index in [0.717, 1.165) is 37.5 Å². The minimum absolute atomic E-state index is 0.0596. The third-order valence-electron chi connectivity index (χ3n) is 5.07. The second-order valence-corrected chi connectivity index (χ2v) is 7.72. The molecule has 2 N–H and O–H groups in total. The van der Waals surface area contributed by atoms with Crippen molar-refractivity contribution in [2.24, 2.45) is 11.3 Å². The number of hydrogen-bond donors (Lipinski definition) is 2. The van der Waals surface area contributed by atoms with E-state index in [9.17, 15) is 9.90 Å². The number of aliphatic hydroxyl groups is 1. The molecule has 0 radical (unpaired) electrons. The van der Waals surface area contributed by atoms with E-state index in [0.29, 0.717) is 19.6 Å². The van der Waals surface area contributed by atoms with Crippen LogP contribution in [0.2, 0.25) is 0 Å². The fourth-order valence-electron chi connectivity index (χ4n) is 3.73. The standard InChI is InChI=1S/C16H27N5O2/c1-16(2,3)11-6-8-20(10-12(11)22)15(23)17-9-14-19-18-13-5-4-7-21(13)14/h11-12,22H,4-10H2,1-3H3,(H,17,23)/t11-,12-/m1/s1. The second kappa shape index (κ2) is 6.11. The van der Waals surface area contributed by atoms with Gasteiger partial charge in [-0.25, -0.2) is 4.79 Å². The average molecular weight is 321 g/mol. The maximum atomic E-state index is 12.3. The molecule has 2 atom stereocenters. The van der Waals surface area contributed by atoms with Crippen molar-refractivity contribution >= 4 is 6.03 Å². The highest BCUT2D eigenvalue weighted by Crippen LogP contribution is 2.34. The molecule has 3 heterocycles. The van der Waals surface area contributed by atoms with Crippen LogP contribution in [0.1, 0.15) is 45.3 Å². The Morgan fingerprint density at radius 1 is 1.35 bits per heavy atom. The van der Waals surface area contributed by atoms with E-state index in [1.807, 2.05) is 0 Å². The molecule has 0 bridgehead atoms. The Kier molecular flexibility index (Phi) is 4.31. The summed E-state index contributed by atoms with van der Waals surface area (Å²) in [4.78, 5) is 14.0. The lowest BCUT2D eigenvalue weighted by Crippen LogP contribution is -2.52. The lowest BCUT2D eigenvalue weighted by Gasteiger charge is -2.42. The zero-order valence-corrected chi connectivity index (χ0v) is 14.2. The van der Waals surface area contributed by atoms with Crippen LogP contribution in [0.5, 0.6) is 0 Å². The number of nitrogens with zero attached hydrogens (tertiary/aromatic N) is 4. The third kappa shape index (κ3) is 3.34. The molecule has 1 aromatic rings. The second-order valence-electron chi connectivity index (χ2n) is 7.72. The highest BCUT2D eigenvalue weighted by Gasteiger charge is 2.37. The zero-order valence-electron chi connectivity index (χ0n) is 14.2. The first-order valence-corrected chi connectivity index (χ1v) is 8.48. The Morgan fingerprint density at radius 3 is 2.83 bits per heavy atom. The van der Waals surface area contributed by atoms with E-state index in [1.165, 1.54) is 0 Å². The average Bonchev–Trinajstić information content (AvgIpc) is 3.06. The van der Waals surface area contributed by atoms with E-state index in [4.69, 9.17) is 0 Å². The fourth-order valence-corrected chi connectivity index (χ4v) is 3.73. The number of nitrogens with one attached hydrogen (secondary N) is 1. The van der Waals surface area contributed by atoms with Crippen LogP contribution in [0.4, 0.5) is 4.79 Å². The predicted molar refractivity (Wildman–Crippen MR) is 85.7 cm³/mol. The third-order valence-corrected chi connectivity index (χ3v) is 5.07. The van der Waals surface area contributed by atoms with Crippen LogP contribution in [0.25, 0.3) is 0 Å². The van der Waals surface area contributed by atoms with E-state index in [2.05, 4.69) is 40.9 Å². The molecular formula is C16H27N5O2. The number of carbonyl (C=O) groups is 1. The summed E-state index contributed by atoms with van der Waals surface area (Å²) in [5, 5.41) is 21.6. The number of likely N-dealkylation sites (tertiary alicyclic amines) is 1. The number of β-amino-alcohol motifs (C(OH)–C–C–N with tert-alkyl or cyclic N) is 1. The van der Waals surface area contributed by atoms with Gasteiger partial charge in [-0.3, -0.25) is 0 Å². The van der Waals surface area contributed by atoms with Crippen molar-refractivity contribution in [3.05, 3.63) is 11.6 Å². The van der Waals surface area contributed by atoms with Gasteiger partial charge in [-0.05, 0) is 24.2 Å². The van der Waals surface area contributed by atoms with Crippen molar-refractivity contribution in [2.45, 2.75) is 59.2 Å². The Hall–Kier alpha value is -1.63. The Bertz CT molecular complexity index is 578. The van der Waals surface area contributed by atoms with Crippen LogP contribution < -0.4 is 5.32 Å². The summed E-state index contributed by atoms with van der Waals surface area (Å²) in [7, 11) is 0. The molecule has 23 heavy (non-hydrogen) atoms. The van der Waals surface area contributed by atoms with Gasteiger partial charge >= 0.3 is 6.03 Å². The number of piperidine rings is 1. The number of rotatable bonds is 2. The molecule has 0 unspecified atom stereocenters. The molecule has 3 rings (SSSR count). The van der Waals surface area contributed by atoms with Crippen molar-refractivity contribution < 1.29 is 9.90 Å². The van der Waals surface area contributed by atoms with Crippen LogP contribution in [0.3, 0.4) is 0 Å². The summed E-state index contributed by atoms with van der Waals surface area (Å²) < 4.78 is 2.08. The number of amides is 2. The van der Waals surface area contributed by atoms with Crippen LogP contribution in [-0.2, 0) is 19.5 Å². The minimum atomic E-state index is -0.466. The molecule has 1 aromatic heterocycles. The smallest absolute Gasteiger partial charge is 0.317 e. The van der Waals surface area contributed by atoms with Gasteiger partial charge in [0.05, 0.1) is 12.6 Å². The summed E-state index contributed by atoms with van der Waals surface area (Å²) >= 11 is 0. The Balaban J connectivity index is 1.53. The van der Waals surface area contributed by atoms with E-state index < -0.39 is 6.10 Å². The molecule has 0 aliphatic carbocycles. The Morgan fingerprint density at radius 2 is 2.13 bits per heavy atom. The number of aliphatic hydroxyl groups excluding tert-OH is 1. The first-order chi connectivity index (χ1) is 10.9. The summed E-state index contributed by atoms with van der Waals surface area (Å²) in [6, 6.07) is -0.133. The first kappa shape index (κ1) is 16.2. The molecule has 2 aliphatic heterocycles. The van der Waals surface area contributed by atoms with Gasteiger partial charge in [0.15, 0.2) is 5.82 Å². The molecule has 1 fully saturated rings. The number of aromatic nitrogens is 3.